The third-order valence-corrected chi connectivity index (χ3v) is 3.52. The average molecular weight is 284 g/mol. The number of hydrogen-bond acceptors (Lipinski definition) is 3. The molecule has 1 aromatic rings. The van der Waals surface area contributed by atoms with Crippen LogP contribution in [0.5, 0.6) is 0 Å². The van der Waals surface area contributed by atoms with Crippen LogP contribution < -0.4 is 5.32 Å². The molecule has 1 aromatic carbocycles. The summed E-state index contributed by atoms with van der Waals surface area (Å²) in [5.74, 6) is 0. The number of hydrogen-bond donors (Lipinski definition) is 1. The largest absolute Gasteiger partial charge is 0.379 e. The zero-order valence-electron chi connectivity index (χ0n) is 11.4. The lowest BCUT2D eigenvalue weighted by atomic mass is 10.1. The summed E-state index contributed by atoms with van der Waals surface area (Å²) in [6.45, 7) is 4.73. The molecule has 19 heavy (non-hydrogen) atoms. The summed E-state index contributed by atoms with van der Waals surface area (Å²) in [7, 11) is 0. The van der Waals surface area contributed by atoms with Gasteiger partial charge in [-0.1, -0.05) is 29.8 Å². The molecule has 0 amide bonds. The Morgan fingerprint density at radius 2 is 2.11 bits per heavy atom. The van der Waals surface area contributed by atoms with Crippen LogP contribution >= 0.6 is 11.6 Å². The molecule has 106 valence electrons. The van der Waals surface area contributed by atoms with Crippen molar-refractivity contribution in [3.05, 3.63) is 34.9 Å². The maximum Gasteiger partial charge on any atom is 0.0964 e. The van der Waals surface area contributed by atoms with Crippen LogP contribution in [0.15, 0.2) is 24.3 Å². The van der Waals surface area contributed by atoms with Crippen LogP contribution in [-0.4, -0.2) is 32.4 Å². The van der Waals surface area contributed by atoms with E-state index in [4.69, 9.17) is 21.1 Å². The third kappa shape index (κ3) is 5.11. The Morgan fingerprint density at radius 3 is 2.79 bits per heavy atom. The first-order chi connectivity index (χ1) is 9.31. The first-order valence-electron chi connectivity index (χ1n) is 6.98. The second-order valence-electron chi connectivity index (χ2n) is 4.76. The van der Waals surface area contributed by atoms with Gasteiger partial charge in [0.25, 0.3) is 0 Å². The van der Waals surface area contributed by atoms with Gasteiger partial charge in [0.1, 0.15) is 0 Å². The van der Waals surface area contributed by atoms with Gasteiger partial charge in [-0.25, -0.2) is 0 Å². The molecule has 1 aliphatic carbocycles. The van der Waals surface area contributed by atoms with Gasteiger partial charge in [-0.05, 0) is 25.8 Å². The quantitative estimate of drug-likeness (QED) is 0.706. The van der Waals surface area contributed by atoms with Crippen LogP contribution in [0.2, 0.25) is 5.02 Å². The minimum atomic E-state index is -0.00486. The first kappa shape index (κ1) is 14.8. The molecule has 1 fully saturated rings. The van der Waals surface area contributed by atoms with Gasteiger partial charge < -0.3 is 14.8 Å². The molecule has 0 spiro atoms. The molecule has 4 heteroatoms. The summed E-state index contributed by atoms with van der Waals surface area (Å²) in [6, 6.07) is 8.55. The van der Waals surface area contributed by atoms with E-state index in [1.807, 2.05) is 31.2 Å². The van der Waals surface area contributed by atoms with Gasteiger partial charge in [0, 0.05) is 29.8 Å². The Balaban J connectivity index is 1.90. The van der Waals surface area contributed by atoms with E-state index in [1.54, 1.807) is 0 Å². The van der Waals surface area contributed by atoms with Gasteiger partial charge in [-0.3, -0.25) is 0 Å². The molecule has 3 nitrogen and oxygen atoms in total. The van der Waals surface area contributed by atoms with Gasteiger partial charge >= 0.3 is 0 Å². The van der Waals surface area contributed by atoms with Gasteiger partial charge in [0.05, 0.1) is 19.3 Å². The summed E-state index contributed by atoms with van der Waals surface area (Å²) in [5.41, 5.74) is 1.05. The van der Waals surface area contributed by atoms with Crippen molar-refractivity contribution in [1.29, 1.82) is 0 Å². The zero-order chi connectivity index (χ0) is 13.5. The topological polar surface area (TPSA) is 30.5 Å². The molecule has 1 atom stereocenters. The van der Waals surface area contributed by atoms with Crippen molar-refractivity contribution in [3.8, 4) is 0 Å². The van der Waals surface area contributed by atoms with Crippen molar-refractivity contribution < 1.29 is 9.47 Å². The summed E-state index contributed by atoms with van der Waals surface area (Å²) < 4.78 is 11.2. The summed E-state index contributed by atoms with van der Waals surface area (Å²) in [6.07, 6.45) is 2.54. The average Bonchev–Trinajstić information content (AvgIpc) is 3.23. The third-order valence-electron chi connectivity index (χ3n) is 3.17. The molecule has 2 rings (SSSR count). The predicted octanol–water partition coefficient (Wildman–Crippen LogP) is 3.19. The molecule has 0 heterocycles. The van der Waals surface area contributed by atoms with Crippen molar-refractivity contribution in [3.63, 3.8) is 0 Å². The van der Waals surface area contributed by atoms with Gasteiger partial charge in [-0.15, -0.1) is 0 Å². The molecule has 0 aromatic heterocycles. The lowest BCUT2D eigenvalue weighted by molar-refractivity contribution is 0.00676. The highest BCUT2D eigenvalue weighted by Crippen LogP contribution is 2.26. The molecule has 1 saturated carbocycles. The van der Waals surface area contributed by atoms with E-state index < -0.39 is 0 Å². The first-order valence-corrected chi connectivity index (χ1v) is 7.36. The molecule has 0 bridgehead atoms. The molecule has 1 unspecified atom stereocenters. The van der Waals surface area contributed by atoms with Crippen molar-refractivity contribution in [1.82, 2.24) is 5.32 Å². The van der Waals surface area contributed by atoms with Gasteiger partial charge in [0.2, 0.25) is 0 Å². The molecule has 0 saturated heterocycles. The van der Waals surface area contributed by atoms with E-state index in [-0.39, 0.29) is 6.10 Å². The van der Waals surface area contributed by atoms with Crippen LogP contribution in [-0.2, 0) is 9.47 Å². The molecule has 1 aliphatic rings. The normalized spacial score (nSPS) is 16.5. The lowest BCUT2D eigenvalue weighted by Gasteiger charge is -2.20. The van der Waals surface area contributed by atoms with Crippen LogP contribution in [0.25, 0.3) is 0 Å². The maximum absolute atomic E-state index is 6.25. The summed E-state index contributed by atoms with van der Waals surface area (Å²) in [5, 5.41) is 4.26. The van der Waals surface area contributed by atoms with E-state index in [0.717, 1.165) is 23.7 Å². The summed E-state index contributed by atoms with van der Waals surface area (Å²) in [4.78, 5) is 0. The van der Waals surface area contributed by atoms with E-state index in [0.29, 0.717) is 19.3 Å². The standard InChI is InChI=1S/C15H22ClNO2/c1-2-18-9-10-19-15(11-17-12-7-8-12)13-5-3-4-6-14(13)16/h3-6,12,15,17H,2,7-11H2,1H3. The molecular weight excluding hydrogens is 262 g/mol. The minimum Gasteiger partial charge on any atom is -0.379 e. The predicted molar refractivity (Wildman–Crippen MR) is 77.7 cm³/mol. The fraction of sp³-hybridized carbons (Fsp3) is 0.600. The van der Waals surface area contributed by atoms with E-state index in [1.165, 1.54) is 12.8 Å². The maximum atomic E-state index is 6.25. The fourth-order valence-corrected chi connectivity index (χ4v) is 2.21. The van der Waals surface area contributed by atoms with Crippen LogP contribution in [0.3, 0.4) is 0 Å². The highest BCUT2D eigenvalue weighted by Gasteiger charge is 2.23. The molecular formula is C15H22ClNO2. The fourth-order valence-electron chi connectivity index (χ4n) is 1.95. The number of benzene rings is 1. The molecule has 0 aliphatic heterocycles. The van der Waals surface area contributed by atoms with Crippen LogP contribution in [0, 0.1) is 0 Å². The van der Waals surface area contributed by atoms with Crippen molar-refractivity contribution in [2.45, 2.75) is 31.9 Å². The van der Waals surface area contributed by atoms with Gasteiger partial charge in [0.15, 0.2) is 0 Å². The zero-order valence-corrected chi connectivity index (χ0v) is 12.2. The Hall–Kier alpha value is -0.610. The Bertz CT molecular complexity index is 382. The molecule has 1 N–H and O–H groups in total. The Morgan fingerprint density at radius 1 is 1.32 bits per heavy atom. The van der Waals surface area contributed by atoms with Crippen LogP contribution in [0.4, 0.5) is 0 Å². The Labute approximate surface area is 120 Å². The van der Waals surface area contributed by atoms with E-state index >= 15 is 0 Å². The lowest BCUT2D eigenvalue weighted by Crippen LogP contribution is -2.26. The van der Waals surface area contributed by atoms with Crippen molar-refractivity contribution in [2.75, 3.05) is 26.4 Å². The second kappa shape index (κ2) is 7.85. The highest BCUT2D eigenvalue weighted by molar-refractivity contribution is 6.31. The minimum absolute atomic E-state index is 0.00486. The SMILES string of the molecule is CCOCCOC(CNC1CC1)c1ccccc1Cl. The monoisotopic (exact) mass is 283 g/mol. The highest BCUT2D eigenvalue weighted by atomic mass is 35.5. The van der Waals surface area contributed by atoms with E-state index in [2.05, 4.69) is 5.32 Å². The number of rotatable bonds is 9. The second-order valence-corrected chi connectivity index (χ2v) is 5.17. The van der Waals surface area contributed by atoms with Crippen LogP contribution in [0.1, 0.15) is 31.4 Å². The van der Waals surface area contributed by atoms with Gasteiger partial charge in [-0.2, -0.15) is 0 Å². The number of halogens is 1. The smallest absolute Gasteiger partial charge is 0.0964 e. The number of nitrogens with one attached hydrogen (secondary N) is 1. The van der Waals surface area contributed by atoms with Crippen molar-refractivity contribution >= 4 is 11.6 Å². The molecule has 0 radical (unpaired) electrons. The number of ether oxygens (including phenoxy) is 2. The summed E-state index contributed by atoms with van der Waals surface area (Å²) >= 11 is 6.25. The van der Waals surface area contributed by atoms with Crippen molar-refractivity contribution in [2.24, 2.45) is 0 Å². The Kier molecular flexibility index (Phi) is 6.11. The van der Waals surface area contributed by atoms with E-state index in [9.17, 15) is 0 Å².